The normalized spacial score (nSPS) is 15.9. The van der Waals surface area contributed by atoms with E-state index in [9.17, 15) is 13.2 Å². The molecule has 1 aromatic carbocycles. The van der Waals surface area contributed by atoms with Crippen LogP contribution in [-0.2, 0) is 16.4 Å². The van der Waals surface area contributed by atoms with Crippen LogP contribution in [-0.4, -0.2) is 27.4 Å². The van der Waals surface area contributed by atoms with E-state index < -0.39 is 10.0 Å². The predicted octanol–water partition coefficient (Wildman–Crippen LogP) is 1.94. The average Bonchev–Trinajstić information content (AvgIpc) is 3.30. The van der Waals surface area contributed by atoms with Crippen molar-refractivity contribution >= 4 is 15.9 Å². The van der Waals surface area contributed by atoms with Gasteiger partial charge in [0.05, 0.1) is 0 Å². The van der Waals surface area contributed by atoms with Gasteiger partial charge < -0.3 is 9.73 Å². The van der Waals surface area contributed by atoms with Crippen LogP contribution < -0.4 is 10.0 Å². The lowest BCUT2D eigenvalue weighted by Crippen LogP contribution is -2.38. The molecule has 2 N–H and O–H groups in total. The molecule has 6 nitrogen and oxygen atoms in total. The molecule has 0 saturated heterocycles. The maximum absolute atomic E-state index is 12.4. The first-order valence-electron chi connectivity index (χ1n) is 7.88. The van der Waals surface area contributed by atoms with Crippen LogP contribution in [0.5, 0.6) is 0 Å². The number of sulfonamides is 1. The molecule has 3 rings (SSSR count). The number of benzene rings is 1. The Morgan fingerprint density at radius 2 is 1.92 bits per heavy atom. The van der Waals surface area contributed by atoms with Crippen molar-refractivity contribution in [3.8, 4) is 0 Å². The summed E-state index contributed by atoms with van der Waals surface area (Å²) in [5.74, 6) is 0.0764. The molecule has 1 fully saturated rings. The molecule has 1 atom stereocenters. The van der Waals surface area contributed by atoms with Gasteiger partial charge in [-0.25, -0.2) is 13.1 Å². The number of hydrogen-bond donors (Lipinski definition) is 2. The van der Waals surface area contributed by atoms with Crippen molar-refractivity contribution < 1.29 is 17.6 Å². The third-order valence-corrected chi connectivity index (χ3v) is 5.43. The molecule has 1 amide bonds. The van der Waals surface area contributed by atoms with Crippen LogP contribution in [0.4, 0.5) is 0 Å². The zero-order valence-corrected chi connectivity index (χ0v) is 14.2. The number of furan rings is 1. The second-order valence-corrected chi connectivity index (χ2v) is 7.75. The lowest BCUT2D eigenvalue weighted by atomic mass is 10.0. The molecule has 7 heteroatoms. The first-order valence-corrected chi connectivity index (χ1v) is 9.36. The summed E-state index contributed by atoms with van der Waals surface area (Å²) in [5, 5.41) is 2.72. The quantitative estimate of drug-likeness (QED) is 0.800. The van der Waals surface area contributed by atoms with Gasteiger partial charge >= 0.3 is 0 Å². The van der Waals surface area contributed by atoms with Crippen molar-refractivity contribution in [3.05, 3.63) is 53.8 Å². The van der Waals surface area contributed by atoms with Gasteiger partial charge in [-0.3, -0.25) is 4.79 Å². The molecule has 0 aliphatic heterocycles. The smallest absolute Gasteiger partial charge is 0.287 e. The summed E-state index contributed by atoms with van der Waals surface area (Å²) in [6, 6.07) is 12.7. The summed E-state index contributed by atoms with van der Waals surface area (Å²) in [7, 11) is -2.40. The topological polar surface area (TPSA) is 88.4 Å². The third-order valence-electron chi connectivity index (χ3n) is 4.14. The fraction of sp³-hybridized carbons (Fsp3) is 0.353. The van der Waals surface area contributed by atoms with Gasteiger partial charge in [-0.05, 0) is 49.9 Å². The molecule has 1 aliphatic rings. The zero-order chi connectivity index (χ0) is 17.2. The van der Waals surface area contributed by atoms with Gasteiger partial charge in [-0.1, -0.05) is 30.3 Å². The Hall–Kier alpha value is -2.12. The number of hydrogen-bond acceptors (Lipinski definition) is 4. The van der Waals surface area contributed by atoms with Gasteiger partial charge in [-0.2, -0.15) is 0 Å². The summed E-state index contributed by atoms with van der Waals surface area (Å²) in [6.07, 6.45) is 2.93. The second kappa shape index (κ2) is 6.78. The highest BCUT2D eigenvalue weighted by Gasteiger charge is 2.33. The zero-order valence-electron chi connectivity index (χ0n) is 13.4. The van der Waals surface area contributed by atoms with E-state index in [1.807, 2.05) is 30.3 Å². The lowest BCUT2D eigenvalue weighted by molar-refractivity contribution is 0.0898. The van der Waals surface area contributed by atoms with Crippen molar-refractivity contribution in [2.24, 2.45) is 5.92 Å². The van der Waals surface area contributed by atoms with Gasteiger partial charge in [0.1, 0.15) is 0 Å². The van der Waals surface area contributed by atoms with E-state index in [2.05, 4.69) is 10.0 Å². The predicted molar refractivity (Wildman–Crippen MR) is 89.1 cm³/mol. The van der Waals surface area contributed by atoms with E-state index >= 15 is 0 Å². The molecule has 1 aliphatic carbocycles. The minimum Gasteiger partial charge on any atom is -0.438 e. The summed E-state index contributed by atoms with van der Waals surface area (Å²) in [6.45, 7) is 0. The van der Waals surface area contributed by atoms with E-state index in [-0.39, 0.29) is 22.8 Å². The lowest BCUT2D eigenvalue weighted by Gasteiger charge is -2.17. The second-order valence-electron chi connectivity index (χ2n) is 5.93. The first kappa shape index (κ1) is 16.7. The maximum Gasteiger partial charge on any atom is 0.287 e. The van der Waals surface area contributed by atoms with Crippen molar-refractivity contribution in [1.82, 2.24) is 10.0 Å². The molecule has 0 unspecified atom stereocenters. The molecule has 2 aromatic rings. The Labute approximate surface area is 141 Å². The number of rotatable bonds is 7. The number of amides is 1. The van der Waals surface area contributed by atoms with Crippen molar-refractivity contribution in [1.29, 1.82) is 0 Å². The highest BCUT2D eigenvalue weighted by Crippen LogP contribution is 2.34. The van der Waals surface area contributed by atoms with E-state index in [4.69, 9.17) is 4.42 Å². The minimum atomic E-state index is -3.69. The van der Waals surface area contributed by atoms with Crippen molar-refractivity contribution in [2.75, 3.05) is 7.05 Å². The summed E-state index contributed by atoms with van der Waals surface area (Å²) >= 11 is 0. The number of carbonyl (C=O) groups excluding carboxylic acids is 1. The first-order chi connectivity index (χ1) is 11.5. The molecule has 24 heavy (non-hydrogen) atoms. The Balaban J connectivity index is 1.70. The Kier molecular flexibility index (Phi) is 4.73. The molecule has 1 aromatic heterocycles. The Morgan fingerprint density at radius 3 is 2.54 bits per heavy atom. The summed E-state index contributed by atoms with van der Waals surface area (Å²) in [5.41, 5.74) is 1.16. The summed E-state index contributed by atoms with van der Waals surface area (Å²) in [4.78, 5) is 12.4. The van der Waals surface area contributed by atoms with Crippen LogP contribution >= 0.6 is 0 Å². The molecular formula is C17H20N2O4S. The van der Waals surface area contributed by atoms with Gasteiger partial charge in [0.2, 0.25) is 5.09 Å². The number of carbonyl (C=O) groups is 1. The monoisotopic (exact) mass is 348 g/mol. The van der Waals surface area contributed by atoms with Gasteiger partial charge in [0.25, 0.3) is 15.9 Å². The SMILES string of the molecule is CNS(=O)(=O)c1ccc(C(=O)N[C@@H](Cc2ccccc2)C2CC2)o1. The van der Waals surface area contributed by atoms with E-state index in [1.165, 1.54) is 19.2 Å². The maximum atomic E-state index is 12.4. The summed E-state index contributed by atoms with van der Waals surface area (Å²) < 4.78 is 30.7. The molecular weight excluding hydrogens is 328 g/mol. The molecule has 0 bridgehead atoms. The fourth-order valence-corrected chi connectivity index (χ4v) is 3.28. The van der Waals surface area contributed by atoms with Gasteiger partial charge in [0, 0.05) is 6.04 Å². The van der Waals surface area contributed by atoms with E-state index in [1.54, 1.807) is 0 Å². The highest BCUT2D eigenvalue weighted by molar-refractivity contribution is 7.89. The van der Waals surface area contributed by atoms with Crippen LogP contribution in [0.15, 0.2) is 52.0 Å². The minimum absolute atomic E-state index is 0.00235. The molecule has 1 heterocycles. The van der Waals surface area contributed by atoms with E-state index in [0.717, 1.165) is 24.8 Å². The van der Waals surface area contributed by atoms with Crippen LogP contribution in [0.3, 0.4) is 0 Å². The Bertz CT molecular complexity index is 810. The molecule has 0 spiro atoms. The van der Waals surface area contributed by atoms with Gasteiger partial charge in [-0.15, -0.1) is 0 Å². The highest BCUT2D eigenvalue weighted by atomic mass is 32.2. The Morgan fingerprint density at radius 1 is 1.21 bits per heavy atom. The third kappa shape index (κ3) is 3.85. The molecule has 1 saturated carbocycles. The van der Waals surface area contributed by atoms with Crippen LogP contribution in [0, 0.1) is 5.92 Å². The van der Waals surface area contributed by atoms with Crippen LogP contribution in [0.1, 0.15) is 29.0 Å². The average molecular weight is 348 g/mol. The van der Waals surface area contributed by atoms with Crippen LogP contribution in [0.2, 0.25) is 0 Å². The fourth-order valence-electron chi connectivity index (χ4n) is 2.63. The van der Waals surface area contributed by atoms with Gasteiger partial charge in [0.15, 0.2) is 5.76 Å². The standard InChI is InChI=1S/C17H20N2O4S/c1-18-24(21,22)16-10-9-15(23-16)17(20)19-14(13-7-8-13)11-12-5-3-2-4-6-12/h2-6,9-10,13-14,18H,7-8,11H2,1H3,(H,19,20)/t14-/m0/s1. The molecule has 0 radical (unpaired) electrons. The number of nitrogens with one attached hydrogen (secondary N) is 2. The van der Waals surface area contributed by atoms with Crippen molar-refractivity contribution in [2.45, 2.75) is 30.4 Å². The largest absolute Gasteiger partial charge is 0.438 e. The van der Waals surface area contributed by atoms with Crippen LogP contribution in [0.25, 0.3) is 0 Å². The van der Waals surface area contributed by atoms with Crippen molar-refractivity contribution in [3.63, 3.8) is 0 Å². The van der Waals surface area contributed by atoms with E-state index in [0.29, 0.717) is 5.92 Å². The molecule has 128 valence electrons.